The van der Waals surface area contributed by atoms with Crippen LogP contribution in [-0.4, -0.2) is 17.0 Å². The first-order chi connectivity index (χ1) is 10.0. The first kappa shape index (κ1) is 15.8. The fourth-order valence-electron chi connectivity index (χ4n) is 2.11. The van der Waals surface area contributed by atoms with Gasteiger partial charge in [0.2, 0.25) is 0 Å². The van der Waals surface area contributed by atoms with Gasteiger partial charge in [-0.05, 0) is 53.9 Å². The van der Waals surface area contributed by atoms with Crippen molar-refractivity contribution in [1.29, 1.82) is 0 Å². The van der Waals surface area contributed by atoms with E-state index in [2.05, 4.69) is 68.6 Å². The van der Waals surface area contributed by atoms with Crippen LogP contribution in [0.2, 0.25) is 0 Å². The standard InChI is InChI=1S/C16H21BrN4/c1-5-6-14-20-15(18-4)11(3)16(21-14)19-13-8-7-10(2)9-12(13)17/h7-9H,5-6H2,1-4H3,(H2,18,19,20,21). The average molecular weight is 349 g/mol. The Morgan fingerprint density at radius 3 is 2.48 bits per heavy atom. The van der Waals surface area contributed by atoms with Crippen molar-refractivity contribution in [3.05, 3.63) is 39.6 Å². The van der Waals surface area contributed by atoms with E-state index in [1.54, 1.807) is 0 Å². The molecule has 0 aliphatic rings. The Balaban J connectivity index is 2.40. The van der Waals surface area contributed by atoms with Gasteiger partial charge >= 0.3 is 0 Å². The van der Waals surface area contributed by atoms with Gasteiger partial charge in [-0.1, -0.05) is 13.0 Å². The third kappa shape index (κ3) is 3.73. The monoisotopic (exact) mass is 348 g/mol. The fourth-order valence-corrected chi connectivity index (χ4v) is 2.70. The average Bonchev–Trinajstić information content (AvgIpc) is 2.45. The van der Waals surface area contributed by atoms with E-state index < -0.39 is 0 Å². The zero-order chi connectivity index (χ0) is 15.4. The maximum atomic E-state index is 4.65. The Hall–Kier alpha value is -1.62. The lowest BCUT2D eigenvalue weighted by molar-refractivity contribution is 0.835. The van der Waals surface area contributed by atoms with Gasteiger partial charge in [0.15, 0.2) is 0 Å². The highest BCUT2D eigenvalue weighted by molar-refractivity contribution is 9.10. The molecular weight excluding hydrogens is 328 g/mol. The normalized spacial score (nSPS) is 10.5. The second-order valence-corrected chi connectivity index (χ2v) is 5.92. The predicted octanol–water partition coefficient (Wildman–Crippen LogP) is 4.59. The molecule has 0 radical (unpaired) electrons. The first-order valence-corrected chi connectivity index (χ1v) is 7.93. The zero-order valence-corrected chi connectivity index (χ0v) is 14.5. The molecule has 0 atom stereocenters. The summed E-state index contributed by atoms with van der Waals surface area (Å²) in [7, 11) is 1.89. The number of nitrogens with zero attached hydrogens (tertiary/aromatic N) is 2. The SMILES string of the molecule is CCCc1nc(NC)c(C)c(Nc2ccc(C)cc2Br)n1. The van der Waals surface area contributed by atoms with E-state index in [1.807, 2.05) is 14.0 Å². The smallest absolute Gasteiger partial charge is 0.139 e. The van der Waals surface area contributed by atoms with Crippen molar-refractivity contribution >= 4 is 33.3 Å². The Labute approximate surface area is 134 Å². The van der Waals surface area contributed by atoms with Crippen molar-refractivity contribution in [2.45, 2.75) is 33.6 Å². The third-order valence-electron chi connectivity index (χ3n) is 3.28. The molecule has 1 heterocycles. The van der Waals surface area contributed by atoms with Gasteiger partial charge in [-0.15, -0.1) is 0 Å². The van der Waals surface area contributed by atoms with Gasteiger partial charge in [0.25, 0.3) is 0 Å². The quantitative estimate of drug-likeness (QED) is 0.829. The van der Waals surface area contributed by atoms with Crippen molar-refractivity contribution in [1.82, 2.24) is 9.97 Å². The van der Waals surface area contributed by atoms with Crippen LogP contribution in [-0.2, 0) is 6.42 Å². The van der Waals surface area contributed by atoms with Gasteiger partial charge in [-0.3, -0.25) is 0 Å². The molecular formula is C16H21BrN4. The highest BCUT2D eigenvalue weighted by Gasteiger charge is 2.11. The first-order valence-electron chi connectivity index (χ1n) is 7.13. The molecule has 0 bridgehead atoms. The van der Waals surface area contributed by atoms with Crippen LogP contribution in [0.3, 0.4) is 0 Å². The van der Waals surface area contributed by atoms with Crippen molar-refractivity contribution < 1.29 is 0 Å². The molecule has 1 aromatic heterocycles. The van der Waals surface area contributed by atoms with E-state index in [0.717, 1.165) is 46.0 Å². The van der Waals surface area contributed by atoms with Crippen LogP contribution in [0.15, 0.2) is 22.7 Å². The number of benzene rings is 1. The minimum absolute atomic E-state index is 0.849. The fraction of sp³-hybridized carbons (Fsp3) is 0.375. The van der Waals surface area contributed by atoms with Gasteiger partial charge in [-0.25, -0.2) is 9.97 Å². The lowest BCUT2D eigenvalue weighted by atomic mass is 10.2. The number of hydrogen-bond donors (Lipinski definition) is 2. The number of aromatic nitrogens is 2. The summed E-state index contributed by atoms with van der Waals surface area (Å²) in [6.45, 7) is 6.22. The molecule has 0 fully saturated rings. The summed E-state index contributed by atoms with van der Waals surface area (Å²) in [6.07, 6.45) is 1.90. The highest BCUT2D eigenvalue weighted by atomic mass is 79.9. The zero-order valence-electron chi connectivity index (χ0n) is 12.9. The molecule has 4 nitrogen and oxygen atoms in total. The van der Waals surface area contributed by atoms with Crippen molar-refractivity contribution in [2.24, 2.45) is 0 Å². The lowest BCUT2D eigenvalue weighted by Crippen LogP contribution is -2.07. The molecule has 2 aromatic rings. The Bertz CT molecular complexity index is 640. The number of aryl methyl sites for hydroxylation is 2. The molecule has 0 aliphatic carbocycles. The molecule has 2 N–H and O–H groups in total. The Morgan fingerprint density at radius 1 is 1.14 bits per heavy atom. The van der Waals surface area contributed by atoms with E-state index >= 15 is 0 Å². The maximum Gasteiger partial charge on any atom is 0.139 e. The molecule has 0 spiro atoms. The summed E-state index contributed by atoms with van der Waals surface area (Å²) >= 11 is 3.59. The van der Waals surface area contributed by atoms with Crippen LogP contribution in [0.5, 0.6) is 0 Å². The summed E-state index contributed by atoms with van der Waals surface area (Å²) < 4.78 is 1.03. The number of hydrogen-bond acceptors (Lipinski definition) is 4. The minimum atomic E-state index is 0.849. The largest absolute Gasteiger partial charge is 0.373 e. The molecule has 21 heavy (non-hydrogen) atoms. The number of nitrogens with one attached hydrogen (secondary N) is 2. The van der Waals surface area contributed by atoms with E-state index in [9.17, 15) is 0 Å². The molecule has 0 saturated heterocycles. The van der Waals surface area contributed by atoms with E-state index in [-0.39, 0.29) is 0 Å². The van der Waals surface area contributed by atoms with Gasteiger partial charge in [0.1, 0.15) is 17.5 Å². The Morgan fingerprint density at radius 2 is 1.86 bits per heavy atom. The van der Waals surface area contributed by atoms with Gasteiger partial charge in [0, 0.05) is 23.5 Å². The number of anilines is 3. The molecule has 112 valence electrons. The molecule has 0 unspecified atom stereocenters. The van der Waals surface area contributed by atoms with Crippen molar-refractivity contribution in [3.63, 3.8) is 0 Å². The second kappa shape index (κ2) is 6.89. The topological polar surface area (TPSA) is 49.8 Å². The van der Waals surface area contributed by atoms with Crippen LogP contribution in [0.25, 0.3) is 0 Å². The van der Waals surface area contributed by atoms with Crippen LogP contribution >= 0.6 is 15.9 Å². The second-order valence-electron chi connectivity index (χ2n) is 5.07. The lowest BCUT2D eigenvalue weighted by Gasteiger charge is -2.14. The van der Waals surface area contributed by atoms with Crippen LogP contribution in [0.1, 0.15) is 30.3 Å². The van der Waals surface area contributed by atoms with E-state index in [0.29, 0.717) is 0 Å². The van der Waals surface area contributed by atoms with Crippen LogP contribution in [0.4, 0.5) is 17.3 Å². The van der Waals surface area contributed by atoms with Crippen LogP contribution < -0.4 is 10.6 Å². The molecule has 1 aromatic carbocycles. The van der Waals surface area contributed by atoms with Crippen molar-refractivity contribution in [3.8, 4) is 0 Å². The van der Waals surface area contributed by atoms with Gasteiger partial charge in [-0.2, -0.15) is 0 Å². The summed E-state index contributed by atoms with van der Waals surface area (Å²) in [5.41, 5.74) is 3.24. The molecule has 2 rings (SSSR count). The highest BCUT2D eigenvalue weighted by Crippen LogP contribution is 2.29. The van der Waals surface area contributed by atoms with Crippen molar-refractivity contribution in [2.75, 3.05) is 17.7 Å². The Kier molecular flexibility index (Phi) is 5.17. The number of rotatable bonds is 5. The van der Waals surface area contributed by atoms with E-state index in [4.69, 9.17) is 0 Å². The summed E-state index contributed by atoms with van der Waals surface area (Å²) in [5.74, 6) is 2.58. The predicted molar refractivity (Wildman–Crippen MR) is 92.5 cm³/mol. The summed E-state index contributed by atoms with van der Waals surface area (Å²) in [4.78, 5) is 9.19. The summed E-state index contributed by atoms with van der Waals surface area (Å²) in [6, 6.07) is 6.22. The molecule has 5 heteroatoms. The molecule has 0 saturated carbocycles. The van der Waals surface area contributed by atoms with Crippen LogP contribution in [0, 0.1) is 13.8 Å². The molecule has 0 amide bonds. The van der Waals surface area contributed by atoms with Gasteiger partial charge in [0.05, 0.1) is 5.69 Å². The third-order valence-corrected chi connectivity index (χ3v) is 3.94. The number of halogens is 1. The maximum absolute atomic E-state index is 4.65. The summed E-state index contributed by atoms with van der Waals surface area (Å²) in [5, 5.41) is 6.54. The van der Waals surface area contributed by atoms with Gasteiger partial charge < -0.3 is 10.6 Å². The van der Waals surface area contributed by atoms with E-state index in [1.165, 1.54) is 5.56 Å². The minimum Gasteiger partial charge on any atom is -0.373 e. The molecule has 0 aliphatic heterocycles.